The number of amides is 2. The number of hydrogen-bond donors (Lipinski definition) is 1. The molecule has 0 aliphatic carbocycles. The Morgan fingerprint density at radius 1 is 1.00 bits per heavy atom. The van der Waals surface area contributed by atoms with E-state index in [-0.39, 0.29) is 17.5 Å². The van der Waals surface area contributed by atoms with Crippen LogP contribution in [-0.4, -0.2) is 27.3 Å². The summed E-state index contributed by atoms with van der Waals surface area (Å²) in [5.41, 5.74) is 9.42. The Balaban J connectivity index is 1.63. The maximum absolute atomic E-state index is 13.4. The smallest absolute Gasteiger partial charge is 0.260 e. The summed E-state index contributed by atoms with van der Waals surface area (Å²) in [4.78, 5) is 40.0. The number of carbonyl (C=O) groups excluding carboxylic acids is 2. The Morgan fingerprint density at radius 2 is 1.75 bits per heavy atom. The summed E-state index contributed by atoms with van der Waals surface area (Å²) in [6, 6.07) is 12.6. The van der Waals surface area contributed by atoms with Crippen LogP contribution in [0.2, 0.25) is 0 Å². The van der Waals surface area contributed by atoms with Crippen molar-refractivity contribution >= 4 is 22.7 Å². The molecule has 5 rings (SSSR count). The van der Waals surface area contributed by atoms with Crippen molar-refractivity contribution in [1.29, 1.82) is 0 Å². The third-order valence-electron chi connectivity index (χ3n) is 5.87. The number of para-hydroxylation sites is 1. The SMILES string of the molecule is NC(=O)C1Cc2ccccc2CN1C(=O)c1cn2c3c(cccc3c1=O)CC2. The van der Waals surface area contributed by atoms with Crippen LogP contribution in [0, 0.1) is 0 Å². The van der Waals surface area contributed by atoms with E-state index in [9.17, 15) is 14.4 Å². The van der Waals surface area contributed by atoms with Crippen LogP contribution in [0.4, 0.5) is 0 Å². The number of hydrogen-bond acceptors (Lipinski definition) is 3. The van der Waals surface area contributed by atoms with Crippen LogP contribution in [0.25, 0.3) is 10.9 Å². The zero-order valence-electron chi connectivity index (χ0n) is 15.2. The predicted molar refractivity (Wildman–Crippen MR) is 105 cm³/mol. The number of fused-ring (bicyclic) bond motifs is 1. The number of nitrogens with two attached hydrogens (primary N) is 1. The van der Waals surface area contributed by atoms with Gasteiger partial charge in [0.15, 0.2) is 0 Å². The normalized spacial score (nSPS) is 17.6. The second kappa shape index (κ2) is 6.05. The summed E-state index contributed by atoms with van der Waals surface area (Å²) in [6.07, 6.45) is 2.85. The first-order valence-corrected chi connectivity index (χ1v) is 9.36. The van der Waals surface area contributed by atoms with Gasteiger partial charge in [-0.25, -0.2) is 0 Å². The molecule has 2 aromatic carbocycles. The lowest BCUT2D eigenvalue weighted by Crippen LogP contribution is -2.52. The molecule has 0 fully saturated rings. The molecule has 2 N–H and O–H groups in total. The number of primary amides is 1. The van der Waals surface area contributed by atoms with E-state index < -0.39 is 17.9 Å². The standard InChI is InChI=1S/C22H19N3O3/c23-21(27)18-10-14-4-1-2-5-15(14)11-25(18)22(28)17-12-24-9-8-13-6-3-7-16(19(13)24)20(17)26/h1-7,12,18H,8-11H2,(H2,23,27). The minimum absolute atomic E-state index is 0.0946. The molecular weight excluding hydrogens is 354 g/mol. The van der Waals surface area contributed by atoms with E-state index in [1.165, 1.54) is 4.90 Å². The lowest BCUT2D eigenvalue weighted by atomic mass is 9.93. The van der Waals surface area contributed by atoms with Crippen LogP contribution >= 0.6 is 0 Å². The number of nitrogens with zero attached hydrogens (tertiary/aromatic N) is 2. The fourth-order valence-corrected chi connectivity index (χ4v) is 4.45. The Hall–Kier alpha value is -3.41. The fourth-order valence-electron chi connectivity index (χ4n) is 4.45. The van der Waals surface area contributed by atoms with E-state index in [4.69, 9.17) is 5.73 Å². The first-order valence-electron chi connectivity index (χ1n) is 9.36. The van der Waals surface area contributed by atoms with Gasteiger partial charge in [-0.05, 0) is 29.2 Å². The molecule has 0 radical (unpaired) electrons. The van der Waals surface area contributed by atoms with Crippen LogP contribution in [0.1, 0.15) is 27.0 Å². The predicted octanol–water partition coefficient (Wildman–Crippen LogP) is 1.61. The average Bonchev–Trinajstić information content (AvgIpc) is 3.13. The number of benzene rings is 2. The molecule has 2 aliphatic heterocycles. The van der Waals surface area contributed by atoms with Crippen molar-refractivity contribution < 1.29 is 9.59 Å². The summed E-state index contributed by atoms with van der Waals surface area (Å²) in [7, 11) is 0. The Bertz CT molecular complexity index is 1210. The van der Waals surface area contributed by atoms with Crippen LogP contribution in [0.15, 0.2) is 53.5 Å². The van der Waals surface area contributed by atoms with Crippen molar-refractivity contribution in [3.63, 3.8) is 0 Å². The number of aromatic nitrogens is 1. The van der Waals surface area contributed by atoms with E-state index in [1.54, 1.807) is 12.3 Å². The second-order valence-corrected chi connectivity index (χ2v) is 7.45. The van der Waals surface area contributed by atoms with E-state index in [0.717, 1.165) is 35.2 Å². The molecule has 3 aromatic rings. The van der Waals surface area contributed by atoms with Gasteiger partial charge in [-0.15, -0.1) is 0 Å². The van der Waals surface area contributed by atoms with E-state index in [2.05, 4.69) is 0 Å². The number of rotatable bonds is 2. The van der Waals surface area contributed by atoms with E-state index in [1.807, 2.05) is 41.0 Å². The molecule has 3 heterocycles. The van der Waals surface area contributed by atoms with Gasteiger partial charge in [0, 0.05) is 31.1 Å². The van der Waals surface area contributed by atoms with Gasteiger partial charge in [0.25, 0.3) is 5.91 Å². The third-order valence-corrected chi connectivity index (χ3v) is 5.87. The summed E-state index contributed by atoms with van der Waals surface area (Å²) in [6.45, 7) is 0.999. The van der Waals surface area contributed by atoms with Crippen LogP contribution in [-0.2, 0) is 30.7 Å². The van der Waals surface area contributed by atoms with Gasteiger partial charge in [-0.3, -0.25) is 14.4 Å². The zero-order valence-corrected chi connectivity index (χ0v) is 15.2. The summed E-state index contributed by atoms with van der Waals surface area (Å²) >= 11 is 0. The Kier molecular flexibility index (Phi) is 3.62. The second-order valence-electron chi connectivity index (χ2n) is 7.45. The van der Waals surface area contributed by atoms with Gasteiger partial charge in [-0.1, -0.05) is 36.4 Å². The van der Waals surface area contributed by atoms with E-state index in [0.29, 0.717) is 11.8 Å². The molecule has 6 heteroatoms. The number of aryl methyl sites for hydroxylation is 2. The molecule has 28 heavy (non-hydrogen) atoms. The van der Waals surface area contributed by atoms with Crippen molar-refractivity contribution in [2.45, 2.75) is 32.0 Å². The van der Waals surface area contributed by atoms with Gasteiger partial charge in [-0.2, -0.15) is 0 Å². The van der Waals surface area contributed by atoms with Gasteiger partial charge in [0.05, 0.1) is 5.52 Å². The highest BCUT2D eigenvalue weighted by atomic mass is 16.2. The van der Waals surface area contributed by atoms with Crippen molar-refractivity contribution in [3.8, 4) is 0 Å². The minimum Gasteiger partial charge on any atom is -0.368 e. The molecule has 0 bridgehead atoms. The number of pyridine rings is 1. The van der Waals surface area contributed by atoms with Crippen LogP contribution in [0.3, 0.4) is 0 Å². The lowest BCUT2D eigenvalue weighted by Gasteiger charge is -2.35. The van der Waals surface area contributed by atoms with Crippen molar-refractivity contribution in [2.24, 2.45) is 5.73 Å². The monoisotopic (exact) mass is 373 g/mol. The highest BCUT2D eigenvalue weighted by Crippen LogP contribution is 2.27. The molecule has 2 amide bonds. The molecule has 2 aliphatic rings. The molecule has 6 nitrogen and oxygen atoms in total. The maximum Gasteiger partial charge on any atom is 0.260 e. The summed E-state index contributed by atoms with van der Waals surface area (Å²) < 4.78 is 1.97. The van der Waals surface area contributed by atoms with Gasteiger partial charge in [0.2, 0.25) is 11.3 Å². The van der Waals surface area contributed by atoms with Crippen molar-refractivity contribution in [3.05, 3.63) is 81.1 Å². The highest BCUT2D eigenvalue weighted by Gasteiger charge is 2.35. The molecule has 1 atom stereocenters. The van der Waals surface area contributed by atoms with E-state index >= 15 is 0 Å². The summed E-state index contributed by atoms with van der Waals surface area (Å²) in [5, 5.41) is 0.550. The average molecular weight is 373 g/mol. The quantitative estimate of drug-likeness (QED) is 0.741. The summed E-state index contributed by atoms with van der Waals surface area (Å²) in [5.74, 6) is -0.998. The lowest BCUT2D eigenvalue weighted by molar-refractivity contribution is -0.122. The van der Waals surface area contributed by atoms with Crippen molar-refractivity contribution in [2.75, 3.05) is 0 Å². The molecule has 140 valence electrons. The molecule has 1 aromatic heterocycles. The topological polar surface area (TPSA) is 85.4 Å². The van der Waals surface area contributed by atoms with Gasteiger partial charge in [0.1, 0.15) is 11.6 Å². The first kappa shape index (κ1) is 16.7. The highest BCUT2D eigenvalue weighted by molar-refractivity contribution is 6.00. The minimum atomic E-state index is -0.762. The molecular formula is C22H19N3O3. The fraction of sp³-hybridized carbons (Fsp3) is 0.227. The molecule has 0 spiro atoms. The zero-order chi connectivity index (χ0) is 19.4. The third kappa shape index (κ3) is 2.37. The number of carbonyl (C=O) groups is 2. The Morgan fingerprint density at radius 3 is 2.54 bits per heavy atom. The Labute approximate surface area is 161 Å². The van der Waals surface area contributed by atoms with Crippen molar-refractivity contribution in [1.82, 2.24) is 9.47 Å². The van der Waals surface area contributed by atoms with Gasteiger partial charge < -0.3 is 15.2 Å². The molecule has 1 unspecified atom stereocenters. The largest absolute Gasteiger partial charge is 0.368 e. The maximum atomic E-state index is 13.4. The molecule has 0 saturated heterocycles. The molecule has 0 saturated carbocycles. The van der Waals surface area contributed by atoms with Crippen LogP contribution < -0.4 is 11.2 Å². The van der Waals surface area contributed by atoms with Crippen LogP contribution in [0.5, 0.6) is 0 Å². The first-order chi connectivity index (χ1) is 13.5. The van der Waals surface area contributed by atoms with Gasteiger partial charge >= 0.3 is 0 Å².